The van der Waals surface area contributed by atoms with Gasteiger partial charge in [0.25, 0.3) is 0 Å². The van der Waals surface area contributed by atoms with Crippen LogP contribution in [0.15, 0.2) is 28.7 Å². The molecule has 0 heterocycles. The summed E-state index contributed by atoms with van der Waals surface area (Å²) in [5, 5.41) is 0. The lowest BCUT2D eigenvalue weighted by Gasteiger charge is -2.34. The average molecular weight is 219 g/mol. The minimum Gasteiger partial charge on any atom is -0.398 e. The van der Waals surface area contributed by atoms with Crippen LogP contribution in [-0.4, -0.2) is 0 Å². The summed E-state index contributed by atoms with van der Waals surface area (Å²) < 4.78 is 0. The van der Waals surface area contributed by atoms with Crippen LogP contribution in [0.4, 0.5) is 0 Å². The maximum atomic E-state index is 5.35. The zero-order valence-electron chi connectivity index (χ0n) is 11.2. The van der Waals surface area contributed by atoms with E-state index in [1.165, 1.54) is 37.5 Å². The molecule has 0 amide bonds. The number of nitrogens with two attached hydrogens (primary N) is 1. The second-order valence-corrected chi connectivity index (χ2v) is 5.59. The van der Waals surface area contributed by atoms with E-state index in [4.69, 9.17) is 5.73 Å². The molecule has 16 heavy (non-hydrogen) atoms. The van der Waals surface area contributed by atoms with Crippen LogP contribution in [0.3, 0.4) is 0 Å². The van der Waals surface area contributed by atoms with E-state index in [1.807, 2.05) is 0 Å². The molecule has 1 rings (SSSR count). The molecule has 90 valence electrons. The van der Waals surface area contributed by atoms with Gasteiger partial charge in [0.15, 0.2) is 0 Å². The first kappa shape index (κ1) is 13.1. The molecule has 1 aliphatic rings. The molecule has 1 nitrogen and oxygen atoms in total. The third-order valence-corrected chi connectivity index (χ3v) is 3.77. The van der Waals surface area contributed by atoms with E-state index in [2.05, 4.69) is 33.4 Å². The lowest BCUT2D eigenvalue weighted by atomic mass is 9.71. The minimum absolute atomic E-state index is 0.398. The van der Waals surface area contributed by atoms with E-state index in [0.717, 1.165) is 6.42 Å². The Morgan fingerprint density at radius 1 is 1.50 bits per heavy atom. The van der Waals surface area contributed by atoms with Gasteiger partial charge in [-0.05, 0) is 56.9 Å². The summed E-state index contributed by atoms with van der Waals surface area (Å²) in [5.74, 6) is 0. The lowest BCUT2D eigenvalue weighted by molar-refractivity contribution is 0.354. The molecule has 2 N–H and O–H groups in total. The fraction of sp³-hybridized carbons (Fsp3) is 0.667. The van der Waals surface area contributed by atoms with Gasteiger partial charge in [0.2, 0.25) is 0 Å². The molecule has 0 atom stereocenters. The number of hydrogen-bond donors (Lipinski definition) is 1. The van der Waals surface area contributed by atoms with Crippen molar-refractivity contribution in [1.82, 2.24) is 0 Å². The summed E-state index contributed by atoms with van der Waals surface area (Å²) in [5.41, 5.74) is 13.4. The third kappa shape index (κ3) is 3.28. The molecule has 0 spiro atoms. The van der Waals surface area contributed by atoms with Gasteiger partial charge in [-0.25, -0.2) is 0 Å². The zero-order valence-corrected chi connectivity index (χ0v) is 11.2. The van der Waals surface area contributed by atoms with Crippen molar-refractivity contribution in [2.75, 3.05) is 0 Å². The molecule has 0 saturated heterocycles. The van der Waals surface area contributed by atoms with Crippen LogP contribution < -0.4 is 5.73 Å². The van der Waals surface area contributed by atoms with Gasteiger partial charge in [-0.1, -0.05) is 25.0 Å². The number of allylic oxidation sites excluding steroid dienone is 3. The molecular formula is C15H25N. The van der Waals surface area contributed by atoms with Crippen molar-refractivity contribution >= 4 is 0 Å². The van der Waals surface area contributed by atoms with E-state index in [1.54, 1.807) is 11.1 Å². The van der Waals surface area contributed by atoms with Gasteiger partial charge >= 0.3 is 0 Å². The van der Waals surface area contributed by atoms with Gasteiger partial charge < -0.3 is 5.73 Å². The monoisotopic (exact) mass is 219 g/mol. The Kier molecular flexibility index (Phi) is 4.44. The smallest absolute Gasteiger partial charge is 0.0371 e. The largest absolute Gasteiger partial charge is 0.398 e. The van der Waals surface area contributed by atoms with Crippen molar-refractivity contribution in [2.45, 2.75) is 59.8 Å². The maximum absolute atomic E-state index is 5.35. The molecular weight excluding hydrogens is 194 g/mol. The fourth-order valence-corrected chi connectivity index (χ4v) is 2.75. The van der Waals surface area contributed by atoms with Gasteiger partial charge in [0.1, 0.15) is 0 Å². The Hall–Kier alpha value is -0.940. The van der Waals surface area contributed by atoms with Gasteiger partial charge in [-0.15, -0.1) is 5.73 Å². The van der Waals surface area contributed by atoms with Crippen LogP contribution >= 0.6 is 0 Å². The van der Waals surface area contributed by atoms with Crippen molar-refractivity contribution in [1.29, 1.82) is 0 Å². The highest BCUT2D eigenvalue weighted by molar-refractivity contribution is 5.23. The SMILES string of the molecule is CC(=C=CN)CCC1=C(C)CCCC1(C)C. The molecule has 0 aromatic heterocycles. The van der Waals surface area contributed by atoms with E-state index in [0.29, 0.717) is 5.41 Å². The predicted molar refractivity (Wildman–Crippen MR) is 71.0 cm³/mol. The molecule has 0 bridgehead atoms. The quantitative estimate of drug-likeness (QED) is 0.555. The molecule has 0 aromatic carbocycles. The Morgan fingerprint density at radius 2 is 2.19 bits per heavy atom. The zero-order chi connectivity index (χ0) is 12.2. The number of rotatable bonds is 3. The standard InChI is InChI=1S/C15H25N/c1-12(9-11-16)7-8-14-13(2)6-5-10-15(14,3)4/h11H,5-8,10,16H2,1-4H3. The Bertz CT molecular complexity index is 338. The summed E-state index contributed by atoms with van der Waals surface area (Å²) in [7, 11) is 0. The fourth-order valence-electron chi connectivity index (χ4n) is 2.75. The third-order valence-electron chi connectivity index (χ3n) is 3.77. The van der Waals surface area contributed by atoms with Gasteiger partial charge in [-0.2, -0.15) is 0 Å². The topological polar surface area (TPSA) is 26.0 Å². The molecule has 0 radical (unpaired) electrons. The van der Waals surface area contributed by atoms with Crippen LogP contribution in [0.2, 0.25) is 0 Å². The first-order valence-corrected chi connectivity index (χ1v) is 6.29. The van der Waals surface area contributed by atoms with Crippen LogP contribution in [0, 0.1) is 5.41 Å². The second kappa shape index (κ2) is 5.41. The molecule has 0 unspecified atom stereocenters. The van der Waals surface area contributed by atoms with Crippen molar-refractivity contribution in [3.8, 4) is 0 Å². The highest BCUT2D eigenvalue weighted by Gasteiger charge is 2.27. The first-order valence-electron chi connectivity index (χ1n) is 6.29. The maximum Gasteiger partial charge on any atom is 0.0371 e. The van der Waals surface area contributed by atoms with Crippen LogP contribution in [0.5, 0.6) is 0 Å². The number of hydrogen-bond acceptors (Lipinski definition) is 1. The molecule has 1 heteroatoms. The summed E-state index contributed by atoms with van der Waals surface area (Å²) in [4.78, 5) is 0. The van der Waals surface area contributed by atoms with Gasteiger partial charge in [0, 0.05) is 6.20 Å². The van der Waals surface area contributed by atoms with E-state index < -0.39 is 0 Å². The minimum atomic E-state index is 0.398. The van der Waals surface area contributed by atoms with Crippen LogP contribution in [0.1, 0.15) is 59.8 Å². The summed E-state index contributed by atoms with van der Waals surface area (Å²) in [6.07, 6.45) is 7.74. The van der Waals surface area contributed by atoms with E-state index >= 15 is 0 Å². The van der Waals surface area contributed by atoms with Crippen molar-refractivity contribution < 1.29 is 0 Å². The summed E-state index contributed by atoms with van der Waals surface area (Å²) >= 11 is 0. The molecule has 0 aliphatic heterocycles. The molecule has 0 aromatic rings. The van der Waals surface area contributed by atoms with Crippen molar-refractivity contribution in [3.63, 3.8) is 0 Å². The predicted octanol–water partition coefficient (Wildman–Crippen LogP) is 4.31. The first-order chi connectivity index (χ1) is 7.47. The molecule has 1 aliphatic carbocycles. The Balaban J connectivity index is 2.75. The normalized spacial score (nSPS) is 19.2. The van der Waals surface area contributed by atoms with E-state index in [-0.39, 0.29) is 0 Å². The van der Waals surface area contributed by atoms with Crippen molar-refractivity contribution in [3.05, 3.63) is 28.7 Å². The Morgan fingerprint density at radius 3 is 2.75 bits per heavy atom. The summed E-state index contributed by atoms with van der Waals surface area (Å²) in [6.45, 7) is 9.16. The molecule has 0 saturated carbocycles. The van der Waals surface area contributed by atoms with Crippen LogP contribution in [-0.2, 0) is 0 Å². The van der Waals surface area contributed by atoms with Crippen LogP contribution in [0.25, 0.3) is 0 Å². The van der Waals surface area contributed by atoms with Gasteiger partial charge in [-0.3, -0.25) is 0 Å². The highest BCUT2D eigenvalue weighted by atomic mass is 14.5. The van der Waals surface area contributed by atoms with Crippen molar-refractivity contribution in [2.24, 2.45) is 11.1 Å². The lowest BCUT2D eigenvalue weighted by Crippen LogP contribution is -2.20. The summed E-state index contributed by atoms with van der Waals surface area (Å²) in [6, 6.07) is 0. The van der Waals surface area contributed by atoms with Gasteiger partial charge in [0.05, 0.1) is 0 Å². The molecule has 0 fully saturated rings. The average Bonchev–Trinajstić information content (AvgIpc) is 2.16. The Labute approximate surface area is 100 Å². The highest BCUT2D eigenvalue weighted by Crippen LogP contribution is 2.42. The second-order valence-electron chi connectivity index (χ2n) is 5.59. The van der Waals surface area contributed by atoms with E-state index in [9.17, 15) is 0 Å².